The SMILES string of the molecule is CO[C@H](C)[C@@](O)(C(=O)OCC1=CC[N@@+]2([O-])CC[C@H](O)[C@@H]12)C(C)C. The number of aliphatic hydroxyl groups excluding tert-OH is 1. The minimum Gasteiger partial charge on any atom is -0.632 e. The number of ether oxygens (including phenoxy) is 2. The molecule has 2 aliphatic rings. The highest BCUT2D eigenvalue weighted by Gasteiger charge is 2.49. The number of rotatable bonds is 6. The standard InChI is InChI=1S/C16H27NO6/c1-10(2)16(20,11(3)22-4)15(19)23-9-12-5-7-17(21)8-6-13(18)14(12)17/h5,10-11,13-14,18,20H,6-9H2,1-4H3/t11-,13+,14-,16-,17-/m1/s1. The van der Waals surface area contributed by atoms with Gasteiger partial charge in [-0.2, -0.15) is 0 Å². The number of methoxy groups -OCH3 is 1. The van der Waals surface area contributed by atoms with Gasteiger partial charge in [0.1, 0.15) is 18.8 Å². The largest absolute Gasteiger partial charge is 0.632 e. The molecule has 0 aromatic heterocycles. The topological polar surface area (TPSA) is 99.1 Å². The molecule has 1 saturated heterocycles. The Morgan fingerprint density at radius 2 is 2.17 bits per heavy atom. The number of aliphatic hydroxyl groups is 2. The Labute approximate surface area is 136 Å². The van der Waals surface area contributed by atoms with E-state index in [1.165, 1.54) is 7.11 Å². The molecule has 2 aliphatic heterocycles. The number of nitrogens with zero attached hydrogens (tertiary/aromatic N) is 1. The van der Waals surface area contributed by atoms with Crippen LogP contribution in [-0.2, 0) is 14.3 Å². The minimum atomic E-state index is -1.76. The van der Waals surface area contributed by atoms with Crippen molar-refractivity contribution in [1.82, 2.24) is 0 Å². The lowest BCUT2D eigenvalue weighted by molar-refractivity contribution is -0.877. The lowest BCUT2D eigenvalue weighted by atomic mass is 9.85. The average Bonchev–Trinajstić information content (AvgIpc) is 2.99. The molecule has 7 nitrogen and oxygen atoms in total. The predicted molar refractivity (Wildman–Crippen MR) is 83.1 cm³/mol. The summed E-state index contributed by atoms with van der Waals surface area (Å²) < 4.78 is 9.92. The van der Waals surface area contributed by atoms with Crippen molar-refractivity contribution in [3.63, 3.8) is 0 Å². The average molecular weight is 329 g/mol. The summed E-state index contributed by atoms with van der Waals surface area (Å²) in [6, 6.07) is -0.560. The maximum atomic E-state index is 12.5. The van der Waals surface area contributed by atoms with Crippen molar-refractivity contribution in [2.24, 2.45) is 5.92 Å². The Kier molecular flexibility index (Phi) is 5.18. The number of carbonyl (C=O) groups is 1. The zero-order chi connectivity index (χ0) is 17.4. The Balaban J connectivity index is 2.04. The molecule has 0 amide bonds. The number of hydrogen-bond acceptors (Lipinski definition) is 6. The summed E-state index contributed by atoms with van der Waals surface area (Å²) in [5.74, 6) is -1.17. The maximum absolute atomic E-state index is 12.5. The first-order chi connectivity index (χ1) is 10.7. The molecule has 0 spiro atoms. The van der Waals surface area contributed by atoms with E-state index in [9.17, 15) is 20.2 Å². The van der Waals surface area contributed by atoms with Gasteiger partial charge in [0.05, 0.1) is 19.2 Å². The van der Waals surface area contributed by atoms with Crippen LogP contribution in [0.4, 0.5) is 0 Å². The van der Waals surface area contributed by atoms with Crippen molar-refractivity contribution < 1.29 is 29.1 Å². The van der Waals surface area contributed by atoms with Crippen molar-refractivity contribution in [3.8, 4) is 0 Å². The van der Waals surface area contributed by atoms with Gasteiger partial charge in [-0.15, -0.1) is 0 Å². The minimum absolute atomic E-state index is 0.0890. The van der Waals surface area contributed by atoms with Gasteiger partial charge < -0.3 is 29.5 Å². The van der Waals surface area contributed by atoms with E-state index < -0.39 is 40.4 Å². The molecule has 1 fully saturated rings. The first kappa shape index (κ1) is 18.4. The van der Waals surface area contributed by atoms with Crippen LogP contribution in [0.3, 0.4) is 0 Å². The summed E-state index contributed by atoms with van der Waals surface area (Å²) in [5.41, 5.74) is -1.12. The molecule has 0 aromatic carbocycles. The van der Waals surface area contributed by atoms with Gasteiger partial charge in [0.2, 0.25) is 0 Å². The van der Waals surface area contributed by atoms with Crippen LogP contribution in [0.2, 0.25) is 0 Å². The normalized spacial score (nSPS) is 34.0. The van der Waals surface area contributed by atoms with Crippen molar-refractivity contribution in [1.29, 1.82) is 0 Å². The van der Waals surface area contributed by atoms with Gasteiger partial charge in [0, 0.05) is 19.1 Å². The summed E-state index contributed by atoms with van der Waals surface area (Å²) in [6.45, 7) is 5.61. The second-order valence-electron chi connectivity index (χ2n) is 6.87. The quantitative estimate of drug-likeness (QED) is 0.315. The molecule has 0 unspecified atom stereocenters. The highest BCUT2D eigenvalue weighted by molar-refractivity contribution is 5.80. The van der Waals surface area contributed by atoms with E-state index in [1.54, 1.807) is 26.8 Å². The first-order valence-electron chi connectivity index (χ1n) is 8.04. The van der Waals surface area contributed by atoms with Gasteiger partial charge in [0.15, 0.2) is 5.60 Å². The fourth-order valence-electron chi connectivity index (χ4n) is 3.57. The van der Waals surface area contributed by atoms with Crippen LogP contribution < -0.4 is 0 Å². The summed E-state index contributed by atoms with van der Waals surface area (Å²) in [6.07, 6.45) is 0.762. The van der Waals surface area contributed by atoms with E-state index in [0.29, 0.717) is 18.5 Å². The van der Waals surface area contributed by atoms with Gasteiger partial charge >= 0.3 is 5.97 Å². The number of carbonyl (C=O) groups excluding carboxylic acids is 1. The third-order valence-corrected chi connectivity index (χ3v) is 5.27. The molecule has 0 aromatic rings. The van der Waals surface area contributed by atoms with Crippen LogP contribution in [0, 0.1) is 11.1 Å². The third-order valence-electron chi connectivity index (χ3n) is 5.27. The van der Waals surface area contributed by atoms with Crippen LogP contribution in [-0.4, -0.2) is 71.5 Å². The van der Waals surface area contributed by atoms with Crippen LogP contribution in [0.5, 0.6) is 0 Å². The highest BCUT2D eigenvalue weighted by atomic mass is 16.6. The molecule has 2 N–H and O–H groups in total. The van der Waals surface area contributed by atoms with Gasteiger partial charge in [0.25, 0.3) is 0 Å². The number of quaternary nitrogens is 1. The molecule has 2 heterocycles. The molecule has 2 rings (SSSR count). The monoisotopic (exact) mass is 329 g/mol. The van der Waals surface area contributed by atoms with Gasteiger partial charge in [-0.3, -0.25) is 0 Å². The van der Waals surface area contributed by atoms with Gasteiger partial charge in [-0.25, -0.2) is 4.79 Å². The molecule has 7 heteroatoms. The Bertz CT molecular complexity index is 493. The summed E-state index contributed by atoms with van der Waals surface area (Å²) in [4.78, 5) is 12.4. The molecule has 5 atom stereocenters. The molecule has 0 saturated carbocycles. The number of hydrogen-bond donors (Lipinski definition) is 2. The second kappa shape index (κ2) is 6.49. The highest BCUT2D eigenvalue weighted by Crippen LogP contribution is 2.36. The zero-order valence-corrected chi connectivity index (χ0v) is 14.2. The van der Waals surface area contributed by atoms with Crippen molar-refractivity contribution in [2.75, 3.05) is 26.8 Å². The summed E-state index contributed by atoms with van der Waals surface area (Å²) in [7, 11) is 1.42. The van der Waals surface area contributed by atoms with Crippen molar-refractivity contribution >= 4 is 5.97 Å². The summed E-state index contributed by atoms with van der Waals surface area (Å²) >= 11 is 0. The predicted octanol–water partition coefficient (Wildman–Crippen LogP) is 0.339. The molecular formula is C16H27NO6. The van der Waals surface area contributed by atoms with Crippen molar-refractivity contribution in [2.45, 2.75) is 51.0 Å². The van der Waals surface area contributed by atoms with E-state index in [4.69, 9.17) is 9.47 Å². The van der Waals surface area contributed by atoms with E-state index in [-0.39, 0.29) is 13.2 Å². The number of esters is 1. The maximum Gasteiger partial charge on any atom is 0.341 e. The number of fused-ring (bicyclic) bond motifs is 1. The molecule has 0 bridgehead atoms. The molecule has 132 valence electrons. The van der Waals surface area contributed by atoms with Crippen LogP contribution in [0.15, 0.2) is 11.6 Å². The second-order valence-corrected chi connectivity index (χ2v) is 6.87. The molecular weight excluding hydrogens is 302 g/mol. The van der Waals surface area contributed by atoms with Crippen LogP contribution in [0.1, 0.15) is 27.2 Å². The smallest absolute Gasteiger partial charge is 0.341 e. The third kappa shape index (κ3) is 3.04. The number of hydroxylamine groups is 3. The lowest BCUT2D eigenvalue weighted by Gasteiger charge is -2.40. The first-order valence-corrected chi connectivity index (χ1v) is 8.04. The van der Waals surface area contributed by atoms with E-state index in [1.807, 2.05) is 0 Å². The van der Waals surface area contributed by atoms with Gasteiger partial charge in [-0.1, -0.05) is 13.8 Å². The van der Waals surface area contributed by atoms with E-state index >= 15 is 0 Å². The fraction of sp³-hybridized carbons (Fsp3) is 0.812. The Morgan fingerprint density at radius 3 is 2.74 bits per heavy atom. The lowest BCUT2D eigenvalue weighted by Crippen LogP contribution is -2.54. The van der Waals surface area contributed by atoms with Crippen LogP contribution in [0.25, 0.3) is 0 Å². The fourth-order valence-corrected chi connectivity index (χ4v) is 3.57. The van der Waals surface area contributed by atoms with Crippen molar-refractivity contribution in [3.05, 3.63) is 16.9 Å². The molecule has 0 aliphatic carbocycles. The Morgan fingerprint density at radius 1 is 1.52 bits per heavy atom. The van der Waals surface area contributed by atoms with Gasteiger partial charge in [-0.05, 0) is 18.9 Å². The van der Waals surface area contributed by atoms with Crippen LogP contribution >= 0.6 is 0 Å². The van der Waals surface area contributed by atoms with E-state index in [0.717, 1.165) is 0 Å². The Hall–Kier alpha value is -0.990. The molecule has 23 heavy (non-hydrogen) atoms. The summed E-state index contributed by atoms with van der Waals surface area (Å²) in [5, 5.41) is 33.2. The molecule has 0 radical (unpaired) electrons. The zero-order valence-electron chi connectivity index (χ0n) is 14.2. The van der Waals surface area contributed by atoms with E-state index in [2.05, 4.69) is 0 Å².